The van der Waals surface area contributed by atoms with E-state index in [4.69, 9.17) is 28.5 Å². The number of rotatable bonds is 3. The van der Waals surface area contributed by atoms with Gasteiger partial charge < -0.3 is 10.2 Å². The number of anilines is 1. The lowest BCUT2D eigenvalue weighted by molar-refractivity contribution is -0.130. The number of carbonyl (C=O) groups excluding carboxylic acids is 2. The number of hydrogen-bond donors (Lipinski definition) is 1. The average Bonchev–Trinajstić information content (AvgIpc) is 2.83. The van der Waals surface area contributed by atoms with Crippen molar-refractivity contribution in [1.82, 2.24) is 5.32 Å². The zero-order valence-electron chi connectivity index (χ0n) is 12.2. The van der Waals surface area contributed by atoms with Gasteiger partial charge in [-0.1, -0.05) is 23.2 Å². The summed E-state index contributed by atoms with van der Waals surface area (Å²) in [5.41, 5.74) is -0.534. The second-order valence-electron chi connectivity index (χ2n) is 5.64. The Labute approximate surface area is 138 Å². The van der Waals surface area contributed by atoms with Gasteiger partial charge in [-0.25, -0.2) is 0 Å². The van der Waals surface area contributed by atoms with E-state index in [2.05, 4.69) is 5.32 Å². The predicted octanol–water partition coefficient (Wildman–Crippen LogP) is 2.76. The number of nitrogens with one attached hydrogen (secondary N) is 1. The zero-order valence-corrected chi connectivity index (χ0v) is 13.7. The van der Waals surface area contributed by atoms with Gasteiger partial charge in [0.15, 0.2) is 0 Å². The number of nitriles is 1. The van der Waals surface area contributed by atoms with Crippen LogP contribution in [0.15, 0.2) is 18.2 Å². The molecule has 2 rings (SSSR count). The van der Waals surface area contributed by atoms with Gasteiger partial charge in [0.2, 0.25) is 11.8 Å². The zero-order chi connectivity index (χ0) is 16.5. The molecule has 2 amide bonds. The molecule has 1 aromatic carbocycles. The summed E-state index contributed by atoms with van der Waals surface area (Å²) in [5.74, 6) is -0.676. The summed E-state index contributed by atoms with van der Waals surface area (Å²) in [7, 11) is 0. The summed E-state index contributed by atoms with van der Waals surface area (Å²) in [6.45, 7) is 3.49. The van der Waals surface area contributed by atoms with E-state index < -0.39 is 17.4 Å². The Kier molecular flexibility index (Phi) is 4.64. The monoisotopic (exact) mass is 339 g/mol. The second kappa shape index (κ2) is 6.15. The molecule has 1 heterocycles. The molecule has 7 heteroatoms. The number of benzene rings is 1. The smallest absolute Gasteiger partial charge is 0.249 e. The molecule has 1 aliphatic rings. The molecule has 0 radical (unpaired) electrons. The molecule has 5 nitrogen and oxygen atoms in total. The summed E-state index contributed by atoms with van der Waals surface area (Å²) in [6.07, 6.45) is 0.478. The van der Waals surface area contributed by atoms with E-state index in [0.29, 0.717) is 28.7 Å². The molecular formula is C15H15Cl2N3O2. The molecule has 1 fully saturated rings. The Morgan fingerprint density at radius 2 is 2.09 bits per heavy atom. The number of carbonyl (C=O) groups is 2. The first kappa shape index (κ1) is 16.6. The van der Waals surface area contributed by atoms with E-state index in [0.717, 1.165) is 0 Å². The van der Waals surface area contributed by atoms with Gasteiger partial charge in [0.25, 0.3) is 0 Å². The van der Waals surface area contributed by atoms with Crippen LogP contribution in [0, 0.1) is 16.7 Å². The maximum Gasteiger partial charge on any atom is 0.249 e. The van der Waals surface area contributed by atoms with E-state index >= 15 is 0 Å². The minimum absolute atomic E-state index is 0.222. The largest absolute Gasteiger partial charge is 0.343 e. The molecule has 1 atom stereocenters. The van der Waals surface area contributed by atoms with Crippen molar-refractivity contribution in [2.75, 3.05) is 11.4 Å². The summed E-state index contributed by atoms with van der Waals surface area (Å²) in [5, 5.41) is 12.4. The van der Waals surface area contributed by atoms with E-state index in [9.17, 15) is 9.59 Å². The van der Waals surface area contributed by atoms with Gasteiger partial charge in [0, 0.05) is 12.2 Å². The van der Waals surface area contributed by atoms with Crippen LogP contribution in [0.4, 0.5) is 5.69 Å². The topological polar surface area (TPSA) is 73.2 Å². The van der Waals surface area contributed by atoms with Crippen LogP contribution in [0.5, 0.6) is 0 Å². The van der Waals surface area contributed by atoms with Gasteiger partial charge in [0.05, 0.1) is 16.1 Å². The number of nitrogens with zero attached hydrogens (tertiary/aromatic N) is 2. The Morgan fingerprint density at radius 1 is 1.41 bits per heavy atom. The van der Waals surface area contributed by atoms with E-state index in [1.807, 2.05) is 6.07 Å². The minimum atomic E-state index is -1.17. The lowest BCUT2D eigenvalue weighted by Gasteiger charge is -2.20. The molecule has 1 N–H and O–H groups in total. The quantitative estimate of drug-likeness (QED) is 0.920. The van der Waals surface area contributed by atoms with Crippen LogP contribution >= 0.6 is 23.2 Å². The molecule has 0 unspecified atom stereocenters. The predicted molar refractivity (Wildman–Crippen MR) is 84.8 cm³/mol. The highest BCUT2D eigenvalue weighted by atomic mass is 35.5. The van der Waals surface area contributed by atoms with Crippen LogP contribution in [0.2, 0.25) is 10.0 Å². The van der Waals surface area contributed by atoms with Gasteiger partial charge in [-0.05, 0) is 38.5 Å². The highest BCUT2D eigenvalue weighted by Gasteiger charge is 2.37. The molecule has 0 bridgehead atoms. The Morgan fingerprint density at radius 3 is 2.68 bits per heavy atom. The van der Waals surface area contributed by atoms with Gasteiger partial charge >= 0.3 is 0 Å². The van der Waals surface area contributed by atoms with E-state index in [1.165, 1.54) is 13.8 Å². The summed E-state index contributed by atoms with van der Waals surface area (Å²) < 4.78 is 0. The molecule has 116 valence electrons. The first-order valence-electron chi connectivity index (χ1n) is 6.75. The fraction of sp³-hybridized carbons (Fsp3) is 0.400. The maximum absolute atomic E-state index is 12.4. The van der Waals surface area contributed by atoms with Crippen LogP contribution in [-0.4, -0.2) is 24.4 Å². The Balaban J connectivity index is 2.12. The Bertz CT molecular complexity index is 667. The van der Waals surface area contributed by atoms with Crippen molar-refractivity contribution in [2.45, 2.75) is 26.3 Å². The molecule has 0 aromatic heterocycles. The molecule has 1 aliphatic heterocycles. The standard InChI is InChI=1S/C15H15Cl2N3O2/c1-15(2,8-18)14(22)19-12-5-6-20(13(12)21)9-3-4-10(16)11(17)7-9/h3-4,7,12H,5-6H2,1-2H3,(H,19,22)/t12-/m0/s1. The summed E-state index contributed by atoms with van der Waals surface area (Å²) >= 11 is 11.8. The van der Waals surface area contributed by atoms with E-state index in [-0.39, 0.29) is 5.91 Å². The van der Waals surface area contributed by atoms with Crippen LogP contribution in [0.3, 0.4) is 0 Å². The van der Waals surface area contributed by atoms with Crippen molar-refractivity contribution in [2.24, 2.45) is 5.41 Å². The first-order valence-corrected chi connectivity index (χ1v) is 7.50. The van der Waals surface area contributed by atoms with Crippen LogP contribution in [0.1, 0.15) is 20.3 Å². The third-order valence-corrected chi connectivity index (χ3v) is 4.31. The Hall–Kier alpha value is -1.77. The van der Waals surface area contributed by atoms with Crippen LogP contribution < -0.4 is 10.2 Å². The fourth-order valence-electron chi connectivity index (χ4n) is 2.11. The third kappa shape index (κ3) is 3.18. The number of hydrogen-bond acceptors (Lipinski definition) is 3. The molecule has 0 aliphatic carbocycles. The molecule has 22 heavy (non-hydrogen) atoms. The molecule has 0 spiro atoms. The maximum atomic E-state index is 12.4. The van der Waals surface area contributed by atoms with Crippen LogP contribution in [-0.2, 0) is 9.59 Å². The van der Waals surface area contributed by atoms with Gasteiger partial charge in [-0.3, -0.25) is 9.59 Å². The molecule has 1 saturated heterocycles. The highest BCUT2D eigenvalue weighted by molar-refractivity contribution is 6.42. The van der Waals surface area contributed by atoms with Gasteiger partial charge in [-0.15, -0.1) is 0 Å². The van der Waals surface area contributed by atoms with Crippen molar-refractivity contribution in [3.63, 3.8) is 0 Å². The van der Waals surface area contributed by atoms with E-state index in [1.54, 1.807) is 23.1 Å². The fourth-order valence-corrected chi connectivity index (χ4v) is 2.40. The van der Waals surface area contributed by atoms with Crippen LogP contribution in [0.25, 0.3) is 0 Å². The highest BCUT2D eigenvalue weighted by Crippen LogP contribution is 2.29. The molecule has 1 aromatic rings. The van der Waals surface area contributed by atoms with Crippen molar-refractivity contribution in [1.29, 1.82) is 5.26 Å². The van der Waals surface area contributed by atoms with Crippen molar-refractivity contribution in [3.05, 3.63) is 28.2 Å². The minimum Gasteiger partial charge on any atom is -0.343 e. The van der Waals surface area contributed by atoms with Gasteiger partial charge in [-0.2, -0.15) is 5.26 Å². The average molecular weight is 340 g/mol. The summed E-state index contributed by atoms with van der Waals surface area (Å²) in [4.78, 5) is 25.9. The first-order chi connectivity index (χ1) is 10.3. The number of amides is 2. The normalized spacial score (nSPS) is 18.2. The van der Waals surface area contributed by atoms with Gasteiger partial charge in [0.1, 0.15) is 11.5 Å². The van der Waals surface area contributed by atoms with Crippen molar-refractivity contribution >= 4 is 40.7 Å². The second-order valence-corrected chi connectivity index (χ2v) is 6.45. The SMILES string of the molecule is CC(C)(C#N)C(=O)N[C@H]1CCN(c2ccc(Cl)c(Cl)c2)C1=O. The molecule has 0 saturated carbocycles. The molecular weight excluding hydrogens is 325 g/mol. The lowest BCUT2D eigenvalue weighted by atomic mass is 9.94. The number of halogens is 2. The third-order valence-electron chi connectivity index (χ3n) is 3.57. The lowest BCUT2D eigenvalue weighted by Crippen LogP contribution is -2.46. The van der Waals surface area contributed by atoms with Crippen molar-refractivity contribution < 1.29 is 9.59 Å². The summed E-state index contributed by atoms with van der Waals surface area (Å²) in [6, 6.07) is 6.23. The van der Waals surface area contributed by atoms with Crippen molar-refractivity contribution in [3.8, 4) is 6.07 Å².